The molecule has 1 saturated heterocycles. The van der Waals surface area contributed by atoms with Crippen molar-refractivity contribution in [1.82, 2.24) is 4.90 Å². The molecule has 3 N–H and O–H groups in total. The van der Waals surface area contributed by atoms with Crippen LogP contribution in [0, 0.1) is 5.92 Å². The van der Waals surface area contributed by atoms with Crippen molar-refractivity contribution in [3.05, 3.63) is 29.3 Å². The molecule has 1 aliphatic heterocycles. The molecule has 0 saturated carbocycles. The lowest BCUT2D eigenvalue weighted by atomic mass is 9.90. The van der Waals surface area contributed by atoms with Crippen molar-refractivity contribution in [2.24, 2.45) is 16.6 Å². The van der Waals surface area contributed by atoms with E-state index in [1.165, 1.54) is 28.9 Å². The van der Waals surface area contributed by atoms with E-state index >= 15 is 0 Å². The number of hydrogen-bond acceptors (Lipinski definition) is 2. The summed E-state index contributed by atoms with van der Waals surface area (Å²) in [5.74, 6) is 0.686. The number of nitrogens with two attached hydrogens (primary N) is 1. The Labute approximate surface area is 175 Å². The normalized spacial score (nSPS) is 19.3. The molecule has 1 aliphatic carbocycles. The first-order valence-corrected chi connectivity index (χ1v) is 9.37. The number of nitrogens with zero attached hydrogens (tertiary/aromatic N) is 2. The van der Waals surface area contributed by atoms with Gasteiger partial charge in [-0.1, -0.05) is 12.1 Å². The van der Waals surface area contributed by atoms with Gasteiger partial charge in [0.25, 0.3) is 0 Å². The lowest BCUT2D eigenvalue weighted by Crippen LogP contribution is -2.40. The van der Waals surface area contributed by atoms with Crippen LogP contribution in [0.4, 0.5) is 18.9 Å². The largest absolute Gasteiger partial charge is 0.401 e. The first kappa shape index (κ1) is 22.3. The lowest BCUT2D eigenvalue weighted by Gasteiger charge is -2.31. The number of anilines is 1. The van der Waals surface area contributed by atoms with E-state index in [4.69, 9.17) is 5.73 Å². The molecule has 0 atom stereocenters. The second-order valence-corrected chi connectivity index (χ2v) is 7.34. The fourth-order valence-corrected chi connectivity index (χ4v) is 3.88. The maximum Gasteiger partial charge on any atom is 0.401 e. The standard InChI is InChI=1S/C19H27F3N4.HI/c20-19(21,22)13-26-10-8-14(9-11-26)12-24-18(23)25-17-7-3-5-15-4-1-2-6-16(15)17;/h3,5,7,14H,1-2,4,6,8-13H2,(H3,23,24,25);1H. The third-order valence-corrected chi connectivity index (χ3v) is 5.29. The summed E-state index contributed by atoms with van der Waals surface area (Å²) < 4.78 is 37.3. The summed E-state index contributed by atoms with van der Waals surface area (Å²) in [4.78, 5) is 5.90. The van der Waals surface area contributed by atoms with Crippen molar-refractivity contribution >= 4 is 35.6 Å². The van der Waals surface area contributed by atoms with Crippen LogP contribution in [0.3, 0.4) is 0 Å². The van der Waals surface area contributed by atoms with Gasteiger partial charge in [-0.15, -0.1) is 24.0 Å². The van der Waals surface area contributed by atoms with Crippen molar-refractivity contribution in [2.45, 2.75) is 44.7 Å². The van der Waals surface area contributed by atoms with E-state index in [-0.39, 0.29) is 24.0 Å². The zero-order chi connectivity index (χ0) is 18.6. The van der Waals surface area contributed by atoms with Crippen LogP contribution in [0.25, 0.3) is 0 Å². The number of fused-ring (bicyclic) bond motifs is 1. The second kappa shape index (κ2) is 9.95. The number of nitrogens with one attached hydrogen (secondary N) is 1. The van der Waals surface area contributed by atoms with Crippen LogP contribution < -0.4 is 11.1 Å². The molecule has 1 aromatic carbocycles. The fourth-order valence-electron chi connectivity index (χ4n) is 3.88. The van der Waals surface area contributed by atoms with E-state index in [0.29, 0.717) is 31.5 Å². The quantitative estimate of drug-likeness (QED) is 0.374. The number of piperidine rings is 1. The summed E-state index contributed by atoms with van der Waals surface area (Å²) in [5.41, 5.74) is 9.79. The summed E-state index contributed by atoms with van der Waals surface area (Å²) in [6, 6.07) is 6.24. The SMILES string of the molecule is I.NC(=NCC1CCN(CC(F)(F)F)CC1)Nc1cccc2c1CCCC2. The molecule has 2 aliphatic rings. The molecule has 1 heterocycles. The number of benzene rings is 1. The molecule has 0 radical (unpaired) electrons. The summed E-state index contributed by atoms with van der Waals surface area (Å²) in [6.07, 6.45) is 1.93. The Hall–Kier alpha value is -1.03. The summed E-state index contributed by atoms with van der Waals surface area (Å²) in [7, 11) is 0. The number of aliphatic imine (C=N–C) groups is 1. The Morgan fingerprint density at radius 3 is 2.59 bits per heavy atom. The van der Waals surface area contributed by atoms with Gasteiger partial charge in [-0.2, -0.15) is 13.2 Å². The number of halogens is 4. The Kier molecular flexibility index (Phi) is 8.20. The Bertz CT molecular complexity index is 640. The Morgan fingerprint density at radius 2 is 1.89 bits per heavy atom. The van der Waals surface area contributed by atoms with Gasteiger partial charge in [0.1, 0.15) is 0 Å². The molecule has 0 bridgehead atoms. The highest BCUT2D eigenvalue weighted by molar-refractivity contribution is 14.0. The highest BCUT2D eigenvalue weighted by Crippen LogP contribution is 2.28. The molecule has 3 rings (SSSR count). The zero-order valence-corrected chi connectivity index (χ0v) is 17.7. The van der Waals surface area contributed by atoms with Gasteiger partial charge in [0.15, 0.2) is 5.96 Å². The van der Waals surface area contributed by atoms with Crippen LogP contribution in [-0.4, -0.2) is 43.2 Å². The number of hydrogen-bond donors (Lipinski definition) is 2. The zero-order valence-electron chi connectivity index (χ0n) is 15.4. The molecule has 1 aromatic rings. The summed E-state index contributed by atoms with van der Waals surface area (Å²) in [5, 5.41) is 3.22. The van der Waals surface area contributed by atoms with Crippen molar-refractivity contribution in [2.75, 3.05) is 31.5 Å². The number of aryl methyl sites for hydroxylation is 1. The van der Waals surface area contributed by atoms with Crippen LogP contribution in [0.1, 0.15) is 36.8 Å². The van der Waals surface area contributed by atoms with Crippen LogP contribution >= 0.6 is 24.0 Å². The first-order valence-electron chi connectivity index (χ1n) is 9.37. The molecule has 1 fully saturated rings. The molecule has 4 nitrogen and oxygen atoms in total. The molecule has 0 amide bonds. The van der Waals surface area contributed by atoms with Gasteiger partial charge >= 0.3 is 6.18 Å². The third kappa shape index (κ3) is 6.81. The van der Waals surface area contributed by atoms with Crippen LogP contribution in [0.5, 0.6) is 0 Å². The number of likely N-dealkylation sites (tertiary alicyclic amines) is 1. The van der Waals surface area contributed by atoms with Gasteiger partial charge in [0.05, 0.1) is 6.54 Å². The maximum absolute atomic E-state index is 12.4. The molecular formula is C19H28F3IN4. The van der Waals surface area contributed by atoms with E-state index in [1.54, 1.807) is 0 Å². The molecule has 0 aromatic heterocycles. The predicted octanol–water partition coefficient (Wildman–Crippen LogP) is 4.18. The fraction of sp³-hybridized carbons (Fsp3) is 0.632. The highest BCUT2D eigenvalue weighted by atomic mass is 127. The highest BCUT2D eigenvalue weighted by Gasteiger charge is 2.32. The summed E-state index contributed by atoms with van der Waals surface area (Å²) in [6.45, 7) is 0.692. The van der Waals surface area contributed by atoms with E-state index in [1.807, 2.05) is 12.1 Å². The van der Waals surface area contributed by atoms with Crippen molar-refractivity contribution in [3.63, 3.8) is 0 Å². The minimum atomic E-state index is -4.12. The molecule has 8 heteroatoms. The van der Waals surface area contributed by atoms with Gasteiger partial charge < -0.3 is 11.1 Å². The first-order chi connectivity index (χ1) is 12.4. The van der Waals surface area contributed by atoms with Gasteiger partial charge in [0, 0.05) is 12.2 Å². The monoisotopic (exact) mass is 496 g/mol. The molecule has 27 heavy (non-hydrogen) atoms. The lowest BCUT2D eigenvalue weighted by molar-refractivity contribution is -0.148. The maximum atomic E-state index is 12.4. The molecular weight excluding hydrogens is 468 g/mol. The van der Waals surface area contributed by atoms with Crippen molar-refractivity contribution in [1.29, 1.82) is 0 Å². The van der Waals surface area contributed by atoms with Gasteiger partial charge in [0.2, 0.25) is 0 Å². The van der Waals surface area contributed by atoms with Gasteiger partial charge in [-0.25, -0.2) is 0 Å². The van der Waals surface area contributed by atoms with E-state index in [9.17, 15) is 13.2 Å². The molecule has 152 valence electrons. The smallest absolute Gasteiger partial charge is 0.370 e. The van der Waals surface area contributed by atoms with E-state index in [2.05, 4.69) is 16.4 Å². The van der Waals surface area contributed by atoms with Crippen LogP contribution in [-0.2, 0) is 12.8 Å². The minimum Gasteiger partial charge on any atom is -0.370 e. The number of alkyl halides is 3. The minimum absolute atomic E-state index is 0. The number of rotatable bonds is 4. The van der Waals surface area contributed by atoms with E-state index in [0.717, 1.165) is 31.4 Å². The molecule has 0 spiro atoms. The third-order valence-electron chi connectivity index (χ3n) is 5.29. The van der Waals surface area contributed by atoms with Gasteiger partial charge in [-0.05, 0) is 74.7 Å². The van der Waals surface area contributed by atoms with Crippen LogP contribution in [0.15, 0.2) is 23.2 Å². The number of guanidine groups is 1. The van der Waals surface area contributed by atoms with Crippen molar-refractivity contribution in [3.8, 4) is 0 Å². The average molecular weight is 496 g/mol. The Morgan fingerprint density at radius 1 is 1.19 bits per heavy atom. The summed E-state index contributed by atoms with van der Waals surface area (Å²) >= 11 is 0. The topological polar surface area (TPSA) is 53.6 Å². The molecule has 0 unspecified atom stereocenters. The average Bonchev–Trinajstić information content (AvgIpc) is 2.60. The van der Waals surface area contributed by atoms with E-state index < -0.39 is 12.7 Å². The van der Waals surface area contributed by atoms with Gasteiger partial charge in [-0.3, -0.25) is 9.89 Å². The second-order valence-electron chi connectivity index (χ2n) is 7.34. The predicted molar refractivity (Wildman–Crippen MR) is 114 cm³/mol. The van der Waals surface area contributed by atoms with Crippen LogP contribution in [0.2, 0.25) is 0 Å². The van der Waals surface area contributed by atoms with Crippen molar-refractivity contribution < 1.29 is 13.2 Å². The Balaban J connectivity index is 0.00000261.